The molecule has 0 N–H and O–H groups in total. The van der Waals surface area contributed by atoms with Crippen molar-refractivity contribution in [3.63, 3.8) is 0 Å². The molecule has 0 saturated carbocycles. The van der Waals surface area contributed by atoms with Crippen LogP contribution in [-0.2, 0) is 6.18 Å². The summed E-state index contributed by atoms with van der Waals surface area (Å²) in [5.41, 5.74) is -0.836. The number of pyridine rings is 1. The molecular weight excluding hydrogens is 370 g/mol. The summed E-state index contributed by atoms with van der Waals surface area (Å²) in [7, 11) is 0. The van der Waals surface area contributed by atoms with Gasteiger partial charge < -0.3 is 4.98 Å². The van der Waals surface area contributed by atoms with E-state index in [1.165, 1.54) is 0 Å². The van der Waals surface area contributed by atoms with Gasteiger partial charge in [0.1, 0.15) is 0 Å². The van der Waals surface area contributed by atoms with Crippen molar-refractivity contribution in [1.82, 2.24) is 4.98 Å². The second-order valence-electron chi connectivity index (χ2n) is 3.02. The number of rotatable bonds is 0. The fourth-order valence-corrected chi connectivity index (χ4v) is 1.33. The van der Waals surface area contributed by atoms with Crippen molar-refractivity contribution < 1.29 is 64.6 Å². The van der Waals surface area contributed by atoms with Gasteiger partial charge >= 0.3 is 57.6 Å². The van der Waals surface area contributed by atoms with Gasteiger partial charge in [-0.1, -0.05) is 32.2 Å². The number of alkyl halides is 3. The zero-order chi connectivity index (χ0) is 13.6. The van der Waals surface area contributed by atoms with Crippen LogP contribution in [0, 0.1) is 12.3 Å². The molecule has 0 aliphatic rings. The summed E-state index contributed by atoms with van der Waals surface area (Å²) >= 11 is 8.50. The molecular formula is C12H6BrClF3KN-. The van der Waals surface area contributed by atoms with Gasteiger partial charge in [0.25, 0.3) is 0 Å². The maximum atomic E-state index is 11.9. The van der Waals surface area contributed by atoms with Crippen molar-refractivity contribution >= 4 is 27.5 Å². The summed E-state index contributed by atoms with van der Waals surface area (Å²) in [5.74, 6) is 0. The maximum absolute atomic E-state index is 11.9. The Morgan fingerprint density at radius 3 is 2.11 bits per heavy atom. The van der Waals surface area contributed by atoms with Crippen LogP contribution in [0.15, 0.2) is 40.9 Å². The number of hydrogen-bond donors (Lipinski definition) is 0. The minimum absolute atomic E-state index is 0. The summed E-state index contributed by atoms with van der Waals surface area (Å²) in [6, 6.07) is 12.0. The largest absolute Gasteiger partial charge is 1.00 e. The van der Waals surface area contributed by atoms with E-state index in [2.05, 4.69) is 27.0 Å². The third kappa shape index (κ3) is 8.44. The van der Waals surface area contributed by atoms with E-state index in [0.717, 1.165) is 16.6 Å². The molecule has 19 heavy (non-hydrogen) atoms. The molecule has 0 bridgehead atoms. The summed E-state index contributed by atoms with van der Waals surface area (Å²) in [6.07, 6.45) is -2.34. The average Bonchev–Trinajstić information content (AvgIpc) is 2.30. The second-order valence-corrected chi connectivity index (χ2v) is 4.33. The van der Waals surface area contributed by atoms with Crippen molar-refractivity contribution in [2.75, 3.05) is 0 Å². The van der Waals surface area contributed by atoms with E-state index in [4.69, 9.17) is 11.6 Å². The predicted molar refractivity (Wildman–Crippen MR) is 66.1 cm³/mol. The van der Waals surface area contributed by atoms with Crippen LogP contribution in [0.5, 0.6) is 0 Å². The van der Waals surface area contributed by atoms with Crippen LogP contribution in [-0.4, -0.2) is 4.98 Å². The first-order chi connectivity index (χ1) is 8.39. The van der Waals surface area contributed by atoms with Gasteiger partial charge in [-0.25, -0.2) is 0 Å². The molecule has 1 heterocycles. The van der Waals surface area contributed by atoms with Crippen LogP contribution < -0.4 is 51.4 Å². The number of aromatic nitrogens is 1. The van der Waals surface area contributed by atoms with Crippen LogP contribution in [0.25, 0.3) is 0 Å². The van der Waals surface area contributed by atoms with Crippen molar-refractivity contribution in [3.8, 4) is 0 Å². The van der Waals surface area contributed by atoms with Crippen LogP contribution >= 0.6 is 27.5 Å². The number of nitrogens with zero attached hydrogens (tertiary/aromatic N) is 1. The predicted octanol–water partition coefficient (Wildman–Crippen LogP) is 1.81. The third-order valence-electron chi connectivity index (χ3n) is 1.67. The molecule has 0 unspecified atom stereocenters. The number of halogens is 5. The fraction of sp³-hybridized carbons (Fsp3) is 0.0833. The quantitative estimate of drug-likeness (QED) is 0.389. The molecule has 0 radical (unpaired) electrons. The normalized spacial score (nSPS) is 9.95. The monoisotopic (exact) mass is 374 g/mol. The summed E-state index contributed by atoms with van der Waals surface area (Å²) in [5, 5.41) is -0.208. The van der Waals surface area contributed by atoms with Gasteiger partial charge in [0.05, 0.1) is 0 Å². The van der Waals surface area contributed by atoms with Gasteiger partial charge in [0, 0.05) is 5.15 Å². The Balaban J connectivity index is 0.000000352. The topological polar surface area (TPSA) is 12.9 Å². The van der Waals surface area contributed by atoms with Gasteiger partial charge in [0.15, 0.2) is 0 Å². The smallest absolute Gasteiger partial charge is 0.376 e. The van der Waals surface area contributed by atoms with Crippen molar-refractivity contribution in [2.45, 2.75) is 6.18 Å². The van der Waals surface area contributed by atoms with E-state index in [-0.39, 0.29) is 56.5 Å². The molecule has 0 amide bonds. The fourth-order valence-electron chi connectivity index (χ4n) is 0.896. The zero-order valence-electron chi connectivity index (χ0n) is 9.80. The summed E-state index contributed by atoms with van der Waals surface area (Å²) in [6.45, 7) is 0. The Hall–Kier alpha value is 0.566. The molecule has 0 spiro atoms. The molecule has 0 aliphatic heterocycles. The molecule has 1 aromatic heterocycles. The summed E-state index contributed by atoms with van der Waals surface area (Å²) < 4.78 is 36.7. The third-order valence-corrected chi connectivity index (χ3v) is 2.39. The average molecular weight is 376 g/mol. The van der Waals surface area contributed by atoms with Gasteiger partial charge in [-0.15, -0.1) is 23.7 Å². The molecule has 2 rings (SSSR count). The van der Waals surface area contributed by atoms with E-state index >= 15 is 0 Å². The Labute approximate surface area is 165 Å². The van der Waals surface area contributed by atoms with E-state index < -0.39 is 11.7 Å². The molecule has 7 heteroatoms. The standard InChI is InChI=1S/C6H4Br.C6H2ClF3N.K/c7-6-4-2-1-3-5-6;7-5-3-4(1-2-11-5)6(8,9)10;/h2-5H;1,3H;/q2*-1;+1. The SMILES string of the molecule is Brc1cc[c-]cc1.FC(F)(F)c1c[c-]nc(Cl)c1.[K+]. The molecule has 0 aliphatic carbocycles. The van der Waals surface area contributed by atoms with Crippen molar-refractivity contribution in [2.24, 2.45) is 0 Å². The molecule has 1 nitrogen and oxygen atoms in total. The zero-order valence-corrected chi connectivity index (χ0v) is 15.3. The van der Waals surface area contributed by atoms with Crippen molar-refractivity contribution in [3.05, 3.63) is 63.9 Å². The minimum atomic E-state index is -4.37. The van der Waals surface area contributed by atoms with Gasteiger partial charge in [-0.05, 0) is 0 Å². The van der Waals surface area contributed by atoms with Crippen molar-refractivity contribution in [1.29, 1.82) is 0 Å². The Morgan fingerprint density at radius 1 is 1.21 bits per heavy atom. The first-order valence-corrected chi connectivity index (χ1v) is 5.79. The van der Waals surface area contributed by atoms with Gasteiger partial charge in [-0.3, -0.25) is 0 Å². The first-order valence-electron chi connectivity index (χ1n) is 4.62. The Bertz CT molecular complexity index is 494. The summed E-state index contributed by atoms with van der Waals surface area (Å²) in [4.78, 5) is 3.29. The molecule has 0 saturated heterocycles. The van der Waals surface area contributed by atoms with Gasteiger partial charge in [0.2, 0.25) is 0 Å². The molecule has 96 valence electrons. The van der Waals surface area contributed by atoms with E-state index in [1.807, 2.05) is 30.5 Å². The van der Waals surface area contributed by atoms with E-state index in [9.17, 15) is 13.2 Å². The van der Waals surface area contributed by atoms with Crippen LogP contribution in [0.1, 0.15) is 5.56 Å². The maximum Gasteiger partial charge on any atom is 1.00 e. The van der Waals surface area contributed by atoms with Crippen LogP contribution in [0.4, 0.5) is 13.2 Å². The van der Waals surface area contributed by atoms with Crippen LogP contribution in [0.3, 0.4) is 0 Å². The first kappa shape index (κ1) is 19.6. The Morgan fingerprint density at radius 2 is 1.79 bits per heavy atom. The number of benzene rings is 1. The van der Waals surface area contributed by atoms with Crippen LogP contribution in [0.2, 0.25) is 5.15 Å². The van der Waals surface area contributed by atoms with E-state index in [0.29, 0.717) is 0 Å². The van der Waals surface area contributed by atoms with Gasteiger partial charge in [-0.2, -0.15) is 43.5 Å². The molecule has 0 atom stereocenters. The molecule has 0 fully saturated rings. The molecule has 2 aromatic rings. The molecule has 1 aromatic carbocycles. The second kappa shape index (κ2) is 9.49. The minimum Gasteiger partial charge on any atom is -0.376 e. The Kier molecular flexibility index (Phi) is 9.78. The van der Waals surface area contributed by atoms with E-state index in [1.54, 1.807) is 0 Å². The number of hydrogen-bond acceptors (Lipinski definition) is 1.